The Balaban J connectivity index is 1.41. The van der Waals surface area contributed by atoms with Crippen molar-refractivity contribution in [1.29, 1.82) is 0 Å². The van der Waals surface area contributed by atoms with Gasteiger partial charge >= 0.3 is 13.7 Å². The van der Waals surface area contributed by atoms with Crippen LogP contribution >= 0.6 is 7.75 Å². The topological polar surface area (TPSA) is 165 Å². The number of aliphatic hydroxyl groups is 2. The summed E-state index contributed by atoms with van der Waals surface area (Å²) in [4.78, 5) is 30.6. The Morgan fingerprint density at radius 1 is 1.26 bits per heavy atom. The maximum Gasteiger partial charge on any atom is 0.403 e. The molecule has 6 atom stereocenters. The molecule has 0 bridgehead atoms. The number of benzene rings is 1. The molecular formula is C21H25N4O8P. The molecule has 1 fully saturated rings. The maximum absolute atomic E-state index is 12.7. The Labute approximate surface area is 194 Å². The lowest BCUT2D eigenvalue weighted by molar-refractivity contribution is -0.142. The Morgan fingerprint density at radius 2 is 2.03 bits per heavy atom. The van der Waals surface area contributed by atoms with E-state index in [1.807, 2.05) is 6.07 Å². The molecule has 182 valence electrons. The number of nitrogens with zero attached hydrogens (tertiary/aromatic N) is 3. The molecule has 12 nitrogen and oxygen atoms in total. The lowest BCUT2D eigenvalue weighted by atomic mass is 10.1. The van der Waals surface area contributed by atoms with Crippen molar-refractivity contribution in [2.45, 2.75) is 37.0 Å². The molecule has 2 aromatic heterocycles. The number of nitrogens with one attached hydrogen (secondary N) is 1. The fourth-order valence-corrected chi connectivity index (χ4v) is 4.78. The smallest absolute Gasteiger partial charge is 0.403 e. The third-order valence-corrected chi connectivity index (χ3v) is 6.63. The zero-order valence-electron chi connectivity index (χ0n) is 18.2. The number of rotatable bonds is 9. The van der Waals surface area contributed by atoms with Gasteiger partial charge in [0, 0.05) is 6.20 Å². The second-order valence-corrected chi connectivity index (χ2v) is 9.33. The van der Waals surface area contributed by atoms with Gasteiger partial charge in [-0.1, -0.05) is 30.3 Å². The highest BCUT2D eigenvalue weighted by Crippen LogP contribution is 2.40. The number of pyridine rings is 1. The molecule has 4 N–H and O–H groups in total. The van der Waals surface area contributed by atoms with Crippen LogP contribution in [-0.4, -0.2) is 73.7 Å². The molecule has 0 aliphatic carbocycles. The number of hydrogen-bond acceptors (Lipinski definition) is 9. The highest BCUT2D eigenvalue weighted by molar-refractivity contribution is 7.50. The van der Waals surface area contributed by atoms with Crippen LogP contribution in [0.2, 0.25) is 0 Å². The van der Waals surface area contributed by atoms with Crippen LogP contribution in [0.4, 0.5) is 0 Å². The fourth-order valence-electron chi connectivity index (χ4n) is 3.77. The molecule has 1 aliphatic heterocycles. The summed E-state index contributed by atoms with van der Waals surface area (Å²) >= 11 is 0. The molecular weight excluding hydrogens is 467 g/mol. The zero-order valence-corrected chi connectivity index (χ0v) is 19.1. The molecule has 0 spiro atoms. The van der Waals surface area contributed by atoms with Crippen molar-refractivity contribution in [2.75, 3.05) is 13.7 Å². The third kappa shape index (κ3) is 5.34. The predicted molar refractivity (Wildman–Crippen MR) is 118 cm³/mol. The van der Waals surface area contributed by atoms with E-state index in [2.05, 4.69) is 15.1 Å². The average Bonchev–Trinajstić information content (AvgIpc) is 3.38. The third-order valence-electron chi connectivity index (χ3n) is 5.49. The molecule has 5 unspecified atom stereocenters. The summed E-state index contributed by atoms with van der Waals surface area (Å²) in [5, 5.41) is 23.2. The molecule has 3 aromatic rings. The lowest BCUT2D eigenvalue weighted by Crippen LogP contribution is -2.39. The minimum absolute atomic E-state index is 0.0906. The summed E-state index contributed by atoms with van der Waals surface area (Å²) in [5.41, 5.74) is 1.95. The molecule has 3 heterocycles. The number of imidazole rings is 1. The van der Waals surface area contributed by atoms with Crippen LogP contribution in [0.3, 0.4) is 0 Å². The number of hydrogen-bond donors (Lipinski definition) is 4. The van der Waals surface area contributed by atoms with Crippen LogP contribution in [0, 0.1) is 0 Å². The summed E-state index contributed by atoms with van der Waals surface area (Å²) in [6, 6.07) is 9.42. The SMILES string of the molecule is COC(=O)[C@H](Cc1ccccc1)NP(=O)(O)OCC1OC(n2cnc3cnccc32)C(O)C1O. The molecule has 0 amide bonds. The second kappa shape index (κ2) is 10.3. The zero-order chi connectivity index (χ0) is 24.3. The van der Waals surface area contributed by atoms with Gasteiger partial charge in [-0.2, -0.15) is 0 Å². The van der Waals surface area contributed by atoms with Gasteiger partial charge in [0.05, 0.1) is 31.8 Å². The van der Waals surface area contributed by atoms with E-state index in [4.69, 9.17) is 14.0 Å². The standard InChI is InChI=1S/C21H25N4O8P/c1-31-21(28)14(9-13-5-3-2-4-6-13)24-34(29,30)32-11-17-18(26)19(27)20(33-17)25-12-23-15-10-22-8-7-16(15)25/h2-8,10,12,14,17-20,26-27H,9,11H2,1H3,(H2,24,29,30)/t14-,17?,18?,19?,20?/m0/s1. The van der Waals surface area contributed by atoms with Crippen LogP contribution in [-0.2, 0) is 29.8 Å². The minimum atomic E-state index is -4.52. The quantitative estimate of drug-likeness (QED) is 0.243. The summed E-state index contributed by atoms with van der Waals surface area (Å²) in [7, 11) is -3.35. The maximum atomic E-state index is 12.7. The van der Waals surface area contributed by atoms with Gasteiger partial charge in [-0.25, -0.2) is 14.6 Å². The number of esters is 1. The summed E-state index contributed by atoms with van der Waals surface area (Å²) in [6.45, 7) is -0.525. The van der Waals surface area contributed by atoms with E-state index in [1.165, 1.54) is 18.0 Å². The van der Waals surface area contributed by atoms with Crippen molar-refractivity contribution in [2.24, 2.45) is 0 Å². The number of ether oxygens (including phenoxy) is 2. The van der Waals surface area contributed by atoms with Crippen LogP contribution in [0.5, 0.6) is 0 Å². The molecule has 1 aromatic carbocycles. The first-order valence-corrected chi connectivity index (χ1v) is 12.0. The van der Waals surface area contributed by atoms with Gasteiger partial charge in [-0.05, 0) is 18.1 Å². The first kappa shape index (κ1) is 24.4. The molecule has 1 saturated heterocycles. The van der Waals surface area contributed by atoms with E-state index >= 15 is 0 Å². The number of methoxy groups -OCH3 is 1. The van der Waals surface area contributed by atoms with Crippen molar-refractivity contribution < 1.29 is 38.5 Å². The molecule has 0 saturated carbocycles. The van der Waals surface area contributed by atoms with E-state index in [1.54, 1.807) is 42.7 Å². The first-order valence-electron chi connectivity index (χ1n) is 10.4. The fraction of sp³-hybridized carbons (Fsp3) is 0.381. The van der Waals surface area contributed by atoms with Crippen LogP contribution in [0.1, 0.15) is 11.8 Å². The molecule has 1 aliphatic rings. The monoisotopic (exact) mass is 492 g/mol. The number of carbonyl (C=O) groups is 1. The van der Waals surface area contributed by atoms with Crippen LogP contribution < -0.4 is 5.09 Å². The van der Waals surface area contributed by atoms with Gasteiger partial charge in [0.15, 0.2) is 6.23 Å². The first-order chi connectivity index (χ1) is 16.3. The normalized spacial score (nSPS) is 25.2. The predicted octanol–water partition coefficient (Wildman–Crippen LogP) is 0.541. The van der Waals surface area contributed by atoms with Crippen molar-refractivity contribution in [3.05, 3.63) is 60.7 Å². The number of aliphatic hydroxyl groups excluding tert-OH is 2. The summed E-state index contributed by atoms with van der Waals surface area (Å²) in [5.74, 6) is -0.740. The lowest BCUT2D eigenvalue weighted by Gasteiger charge is -2.22. The van der Waals surface area contributed by atoms with Gasteiger partial charge < -0.3 is 29.1 Å². The second-order valence-electron chi connectivity index (χ2n) is 7.77. The van der Waals surface area contributed by atoms with E-state index in [0.29, 0.717) is 11.0 Å². The van der Waals surface area contributed by atoms with Gasteiger partial charge in [-0.15, -0.1) is 0 Å². The van der Waals surface area contributed by atoms with Gasteiger partial charge in [-0.3, -0.25) is 14.3 Å². The number of fused-ring (bicyclic) bond motifs is 1. The minimum Gasteiger partial charge on any atom is -0.468 e. The Morgan fingerprint density at radius 3 is 2.76 bits per heavy atom. The molecule has 0 radical (unpaired) electrons. The van der Waals surface area contributed by atoms with Crippen LogP contribution in [0.25, 0.3) is 11.0 Å². The van der Waals surface area contributed by atoms with E-state index in [9.17, 15) is 24.5 Å². The summed E-state index contributed by atoms with van der Waals surface area (Å²) < 4.78 is 29.8. The largest absolute Gasteiger partial charge is 0.468 e. The number of carbonyl (C=O) groups excluding carboxylic acids is 1. The van der Waals surface area contributed by atoms with Gasteiger partial charge in [0.1, 0.15) is 29.9 Å². The average molecular weight is 492 g/mol. The Bertz CT molecular complexity index is 1180. The molecule has 4 rings (SSSR count). The molecule has 34 heavy (non-hydrogen) atoms. The number of aromatic nitrogens is 3. The van der Waals surface area contributed by atoms with E-state index < -0.39 is 50.9 Å². The Hall–Kier alpha value is -2.70. The van der Waals surface area contributed by atoms with Crippen LogP contribution in [0.15, 0.2) is 55.1 Å². The van der Waals surface area contributed by atoms with E-state index in [-0.39, 0.29) is 6.42 Å². The summed E-state index contributed by atoms with van der Waals surface area (Å²) in [6.07, 6.45) is -0.219. The van der Waals surface area contributed by atoms with Crippen molar-refractivity contribution in [1.82, 2.24) is 19.6 Å². The van der Waals surface area contributed by atoms with Crippen molar-refractivity contribution in [3.8, 4) is 0 Å². The van der Waals surface area contributed by atoms with Crippen molar-refractivity contribution >= 4 is 24.7 Å². The van der Waals surface area contributed by atoms with Gasteiger partial charge in [0.25, 0.3) is 0 Å². The van der Waals surface area contributed by atoms with E-state index in [0.717, 1.165) is 5.56 Å². The molecule has 13 heteroatoms. The Kier molecular flexibility index (Phi) is 7.39. The van der Waals surface area contributed by atoms with Gasteiger partial charge in [0.2, 0.25) is 0 Å². The highest BCUT2D eigenvalue weighted by Gasteiger charge is 2.45. The highest BCUT2D eigenvalue weighted by atomic mass is 31.2. The van der Waals surface area contributed by atoms with Crippen molar-refractivity contribution in [3.63, 3.8) is 0 Å².